The van der Waals surface area contributed by atoms with Crippen LogP contribution in [0.5, 0.6) is 0 Å². The van der Waals surface area contributed by atoms with Gasteiger partial charge in [-0.1, -0.05) is 30.3 Å². The monoisotopic (exact) mass is 408 g/mol. The number of carbonyl (C=O) groups is 2. The molecule has 1 atom stereocenters. The number of amides is 1. The van der Waals surface area contributed by atoms with Gasteiger partial charge in [0.2, 0.25) is 0 Å². The summed E-state index contributed by atoms with van der Waals surface area (Å²) in [5.74, 6) is -1.69. The largest absolute Gasteiger partial charge is 0.347 e. The van der Waals surface area contributed by atoms with Crippen LogP contribution in [-0.2, 0) is 4.79 Å². The van der Waals surface area contributed by atoms with Crippen molar-refractivity contribution in [2.24, 2.45) is 0 Å². The van der Waals surface area contributed by atoms with Crippen LogP contribution in [0.25, 0.3) is 5.69 Å². The molecule has 1 unspecified atom stereocenters. The molecule has 0 bridgehead atoms. The Balaban J connectivity index is 1.78. The first-order valence-electron chi connectivity index (χ1n) is 9.65. The number of aromatic nitrogens is 2. The van der Waals surface area contributed by atoms with Gasteiger partial charge in [-0.25, -0.2) is 9.07 Å². The van der Waals surface area contributed by atoms with E-state index in [2.05, 4.69) is 10.4 Å². The first-order chi connectivity index (χ1) is 14.3. The number of hydrogen-bond acceptors (Lipinski definition) is 4. The van der Waals surface area contributed by atoms with E-state index in [0.29, 0.717) is 17.0 Å². The lowest BCUT2D eigenvalue weighted by atomic mass is 10.0. The van der Waals surface area contributed by atoms with Crippen molar-refractivity contribution in [1.29, 1.82) is 0 Å². The maximum atomic E-state index is 13.6. The molecule has 0 saturated heterocycles. The highest BCUT2D eigenvalue weighted by Gasteiger charge is 2.26. The summed E-state index contributed by atoms with van der Waals surface area (Å²) >= 11 is 0. The molecule has 1 aromatic heterocycles. The van der Waals surface area contributed by atoms with Crippen LogP contribution in [0.15, 0.2) is 54.6 Å². The Labute approximate surface area is 175 Å². The van der Waals surface area contributed by atoms with Crippen LogP contribution in [0.3, 0.4) is 0 Å². The van der Waals surface area contributed by atoms with Gasteiger partial charge in [0.25, 0.3) is 11.7 Å². The molecule has 0 spiro atoms. The summed E-state index contributed by atoms with van der Waals surface area (Å²) in [6.07, 6.45) is 0. The van der Waals surface area contributed by atoms with Gasteiger partial charge in [0, 0.05) is 6.54 Å². The minimum atomic E-state index is -0.711. The predicted molar refractivity (Wildman–Crippen MR) is 113 cm³/mol. The van der Waals surface area contributed by atoms with E-state index in [1.807, 2.05) is 49.3 Å². The number of rotatable bonds is 7. The van der Waals surface area contributed by atoms with Crippen LogP contribution in [0.1, 0.15) is 33.4 Å². The Hall–Kier alpha value is -3.32. The summed E-state index contributed by atoms with van der Waals surface area (Å²) in [5.41, 5.74) is 2.93. The summed E-state index contributed by atoms with van der Waals surface area (Å²) in [6.45, 7) is 3.65. The van der Waals surface area contributed by atoms with Crippen LogP contribution in [0, 0.1) is 19.7 Å². The van der Waals surface area contributed by atoms with Crippen LogP contribution in [0.2, 0.25) is 0 Å². The number of aryl methyl sites for hydroxylation is 1. The van der Waals surface area contributed by atoms with Crippen LogP contribution >= 0.6 is 0 Å². The molecule has 156 valence electrons. The number of Topliss-reactive ketones (excluding diaryl/α,β-unsaturated/α-hetero) is 1. The summed E-state index contributed by atoms with van der Waals surface area (Å²) in [5, 5.41) is 7.12. The number of carbonyl (C=O) groups excluding carboxylic acids is 2. The Bertz CT molecular complexity index is 1060. The SMILES string of the molecule is Cc1nn(-c2ccccc2)c(C)c1C(=O)C(=O)NCC(c1cccc(F)c1)N(C)C. The maximum Gasteiger partial charge on any atom is 0.292 e. The second-order valence-corrected chi connectivity index (χ2v) is 7.37. The molecule has 30 heavy (non-hydrogen) atoms. The lowest BCUT2D eigenvalue weighted by Crippen LogP contribution is -2.38. The van der Waals surface area contributed by atoms with E-state index in [9.17, 15) is 14.0 Å². The van der Waals surface area contributed by atoms with E-state index in [1.54, 1.807) is 30.7 Å². The van der Waals surface area contributed by atoms with Gasteiger partial charge in [-0.2, -0.15) is 5.10 Å². The Kier molecular flexibility index (Phi) is 6.42. The number of benzene rings is 2. The van der Waals surface area contributed by atoms with E-state index in [4.69, 9.17) is 0 Å². The summed E-state index contributed by atoms with van der Waals surface area (Å²) in [7, 11) is 3.67. The zero-order chi connectivity index (χ0) is 21.8. The Morgan fingerprint density at radius 3 is 2.43 bits per heavy atom. The average molecular weight is 408 g/mol. The van der Waals surface area contributed by atoms with Gasteiger partial charge in [-0.15, -0.1) is 0 Å². The fourth-order valence-electron chi connectivity index (χ4n) is 3.49. The second kappa shape index (κ2) is 9.00. The number of likely N-dealkylation sites (N-methyl/N-ethyl adjacent to an activating group) is 1. The van der Waals surface area contributed by atoms with Crippen molar-refractivity contribution in [2.45, 2.75) is 19.9 Å². The number of para-hydroxylation sites is 1. The Morgan fingerprint density at radius 2 is 1.80 bits per heavy atom. The van der Waals surface area contributed by atoms with Gasteiger partial charge in [0.1, 0.15) is 5.82 Å². The topological polar surface area (TPSA) is 67.2 Å². The second-order valence-electron chi connectivity index (χ2n) is 7.37. The number of nitrogens with one attached hydrogen (secondary N) is 1. The minimum absolute atomic E-state index is 0.173. The number of ketones is 1. The average Bonchev–Trinajstić information content (AvgIpc) is 3.02. The summed E-state index contributed by atoms with van der Waals surface area (Å²) in [4.78, 5) is 27.4. The molecule has 1 heterocycles. The third-order valence-electron chi connectivity index (χ3n) is 5.04. The summed E-state index contributed by atoms with van der Waals surface area (Å²) in [6, 6.07) is 15.4. The minimum Gasteiger partial charge on any atom is -0.347 e. The zero-order valence-electron chi connectivity index (χ0n) is 17.5. The fourth-order valence-corrected chi connectivity index (χ4v) is 3.49. The highest BCUT2D eigenvalue weighted by molar-refractivity contribution is 6.43. The lowest BCUT2D eigenvalue weighted by Gasteiger charge is -2.25. The van der Waals surface area contributed by atoms with Crippen molar-refractivity contribution in [3.63, 3.8) is 0 Å². The molecule has 0 fully saturated rings. The van der Waals surface area contributed by atoms with Gasteiger partial charge < -0.3 is 10.2 Å². The predicted octanol–water partition coefficient (Wildman–Crippen LogP) is 3.23. The third kappa shape index (κ3) is 4.46. The highest BCUT2D eigenvalue weighted by Crippen LogP contribution is 2.20. The zero-order valence-corrected chi connectivity index (χ0v) is 17.5. The van der Waals surface area contributed by atoms with Crippen molar-refractivity contribution in [3.8, 4) is 5.69 Å². The normalized spacial score (nSPS) is 12.1. The third-order valence-corrected chi connectivity index (χ3v) is 5.04. The van der Waals surface area contributed by atoms with Crippen LogP contribution in [-0.4, -0.2) is 47.0 Å². The quantitative estimate of drug-likeness (QED) is 0.482. The van der Waals surface area contributed by atoms with Crippen molar-refractivity contribution in [1.82, 2.24) is 20.0 Å². The van der Waals surface area contributed by atoms with Gasteiger partial charge in [-0.05, 0) is 57.8 Å². The molecule has 6 nitrogen and oxygen atoms in total. The molecule has 3 rings (SSSR count). The first kappa shape index (κ1) is 21.4. The molecule has 1 N–H and O–H groups in total. The van der Waals surface area contributed by atoms with Gasteiger partial charge >= 0.3 is 0 Å². The van der Waals surface area contributed by atoms with Crippen molar-refractivity contribution in [3.05, 3.63) is 82.9 Å². The molecule has 0 aliphatic heterocycles. The highest BCUT2D eigenvalue weighted by atomic mass is 19.1. The molecule has 1 amide bonds. The van der Waals surface area contributed by atoms with Crippen molar-refractivity contribution >= 4 is 11.7 Å². The molecule has 7 heteroatoms. The molecule has 3 aromatic rings. The van der Waals surface area contributed by atoms with E-state index < -0.39 is 11.7 Å². The fraction of sp³-hybridized carbons (Fsp3) is 0.261. The van der Waals surface area contributed by atoms with Gasteiger partial charge in [-0.3, -0.25) is 9.59 Å². The maximum absolute atomic E-state index is 13.6. The van der Waals surface area contributed by atoms with Gasteiger partial charge in [0.05, 0.1) is 28.7 Å². The molecular formula is C23H25FN4O2. The van der Waals surface area contributed by atoms with Gasteiger partial charge in [0.15, 0.2) is 0 Å². The molecule has 2 aromatic carbocycles. The molecule has 0 aliphatic rings. The van der Waals surface area contributed by atoms with Crippen molar-refractivity contribution < 1.29 is 14.0 Å². The van der Waals surface area contributed by atoms with E-state index in [-0.39, 0.29) is 18.4 Å². The summed E-state index contributed by atoms with van der Waals surface area (Å²) < 4.78 is 15.3. The molecule has 0 radical (unpaired) electrons. The smallest absolute Gasteiger partial charge is 0.292 e. The van der Waals surface area contributed by atoms with E-state index in [0.717, 1.165) is 11.3 Å². The van der Waals surface area contributed by atoms with Crippen LogP contribution < -0.4 is 5.32 Å². The molecule has 0 saturated carbocycles. The first-order valence-corrected chi connectivity index (χ1v) is 9.65. The number of nitrogens with zero attached hydrogens (tertiary/aromatic N) is 3. The van der Waals surface area contributed by atoms with E-state index in [1.165, 1.54) is 12.1 Å². The number of hydrogen-bond donors (Lipinski definition) is 1. The molecule has 0 aliphatic carbocycles. The number of halogens is 1. The lowest BCUT2D eigenvalue weighted by molar-refractivity contribution is -0.117. The molecular weight excluding hydrogens is 383 g/mol. The Morgan fingerprint density at radius 1 is 1.10 bits per heavy atom. The van der Waals surface area contributed by atoms with Crippen molar-refractivity contribution in [2.75, 3.05) is 20.6 Å². The standard InChI is InChI=1S/C23H25FN4O2/c1-15-21(16(2)28(26-15)19-11-6-5-7-12-19)22(29)23(30)25-14-20(27(3)4)17-9-8-10-18(24)13-17/h5-13,20H,14H2,1-4H3,(H,25,30). The van der Waals surface area contributed by atoms with E-state index >= 15 is 0 Å². The van der Waals surface area contributed by atoms with Crippen LogP contribution in [0.4, 0.5) is 4.39 Å².